The van der Waals surface area contributed by atoms with Crippen LogP contribution in [0.25, 0.3) is 26.8 Å². The first-order valence-corrected chi connectivity index (χ1v) is 12.9. The molecule has 1 fully saturated rings. The minimum Gasteiger partial charge on any atom is -0.355 e. The summed E-state index contributed by atoms with van der Waals surface area (Å²) in [6.45, 7) is 6.00. The number of anilines is 2. The van der Waals surface area contributed by atoms with E-state index in [-0.39, 0.29) is 11.3 Å². The second kappa shape index (κ2) is 8.61. The summed E-state index contributed by atoms with van der Waals surface area (Å²) in [6, 6.07) is 10.4. The van der Waals surface area contributed by atoms with Crippen molar-refractivity contribution in [3.05, 3.63) is 53.8 Å². The molecule has 1 aliphatic heterocycles. The number of nitrogens with one attached hydrogen (secondary N) is 2. The highest BCUT2D eigenvalue weighted by atomic mass is 32.1. The van der Waals surface area contributed by atoms with Crippen molar-refractivity contribution in [2.45, 2.75) is 33.1 Å². The number of hydrogen-bond acceptors (Lipinski definition) is 6. The van der Waals surface area contributed by atoms with E-state index in [1.54, 1.807) is 11.3 Å². The summed E-state index contributed by atoms with van der Waals surface area (Å²) in [4.78, 5) is 32.1. The van der Waals surface area contributed by atoms with Crippen LogP contribution >= 0.6 is 11.3 Å². The number of H-pyrrole nitrogens is 1. The summed E-state index contributed by atoms with van der Waals surface area (Å²) in [5, 5.41) is 4.60. The fourth-order valence-electron chi connectivity index (χ4n) is 4.73. The third kappa shape index (κ3) is 4.23. The SMILES string of the molecule is CC(C)=NCC1(C(=O)N2CC=C(c3cc4c(Nc5ccc6ncsc6c5)ccnc4[nH]3)CC2)CC1. The average Bonchev–Trinajstić information content (AvgIpc) is 3.29. The average molecular weight is 485 g/mol. The molecule has 178 valence electrons. The molecule has 4 aromatic rings. The predicted octanol–water partition coefficient (Wildman–Crippen LogP) is 5.79. The normalized spacial score (nSPS) is 16.9. The maximum atomic E-state index is 13.2. The van der Waals surface area contributed by atoms with Gasteiger partial charge in [0, 0.05) is 41.8 Å². The van der Waals surface area contributed by atoms with Crippen molar-refractivity contribution in [1.29, 1.82) is 0 Å². The Morgan fingerprint density at radius 3 is 2.89 bits per heavy atom. The fraction of sp³-hybridized carbons (Fsp3) is 0.333. The Morgan fingerprint density at radius 2 is 2.11 bits per heavy atom. The van der Waals surface area contributed by atoms with E-state index in [0.717, 1.165) is 69.8 Å². The Morgan fingerprint density at radius 1 is 1.23 bits per heavy atom. The molecule has 3 aromatic heterocycles. The van der Waals surface area contributed by atoms with Crippen molar-refractivity contribution in [2.75, 3.05) is 25.0 Å². The molecule has 0 radical (unpaired) electrons. The minimum absolute atomic E-state index is 0.254. The van der Waals surface area contributed by atoms with Crippen molar-refractivity contribution in [3.8, 4) is 0 Å². The van der Waals surface area contributed by atoms with Crippen molar-refractivity contribution >= 4 is 61.2 Å². The lowest BCUT2D eigenvalue weighted by molar-refractivity contribution is -0.136. The van der Waals surface area contributed by atoms with Crippen LogP contribution in [-0.4, -0.2) is 51.1 Å². The van der Waals surface area contributed by atoms with E-state index < -0.39 is 0 Å². The van der Waals surface area contributed by atoms with Crippen LogP contribution in [0, 0.1) is 5.41 Å². The van der Waals surface area contributed by atoms with Crippen LogP contribution in [0.1, 0.15) is 38.8 Å². The van der Waals surface area contributed by atoms with E-state index in [9.17, 15) is 4.79 Å². The molecule has 7 nitrogen and oxygen atoms in total. The zero-order valence-corrected chi connectivity index (χ0v) is 20.8. The molecule has 8 heteroatoms. The first kappa shape index (κ1) is 22.0. The number of aromatic amines is 1. The number of nitrogens with zero attached hydrogens (tertiary/aromatic N) is 4. The van der Waals surface area contributed by atoms with Gasteiger partial charge in [0.05, 0.1) is 33.4 Å². The lowest BCUT2D eigenvalue weighted by Crippen LogP contribution is -2.41. The molecule has 0 bridgehead atoms. The van der Waals surface area contributed by atoms with Gasteiger partial charge in [-0.2, -0.15) is 0 Å². The molecular weight excluding hydrogens is 456 g/mol. The highest BCUT2D eigenvalue weighted by Crippen LogP contribution is 2.48. The highest BCUT2D eigenvalue weighted by molar-refractivity contribution is 7.16. The smallest absolute Gasteiger partial charge is 0.230 e. The van der Waals surface area contributed by atoms with Gasteiger partial charge in [0.15, 0.2) is 0 Å². The number of rotatable bonds is 6. The van der Waals surface area contributed by atoms with Gasteiger partial charge < -0.3 is 15.2 Å². The standard InChI is InChI=1S/C27H28N6OS/c1-17(2)29-15-27(8-9-27)26(34)33-11-6-18(7-12-33)23-14-20-21(5-10-28-25(20)32-23)31-19-3-4-22-24(13-19)35-16-30-22/h3-6,10,13-14,16H,7-9,11-12,15H2,1-2H3,(H2,28,31,32). The molecule has 2 N–H and O–H groups in total. The summed E-state index contributed by atoms with van der Waals surface area (Å²) >= 11 is 1.64. The first-order chi connectivity index (χ1) is 17.0. The van der Waals surface area contributed by atoms with Gasteiger partial charge >= 0.3 is 0 Å². The number of carbonyl (C=O) groups is 1. The number of fused-ring (bicyclic) bond motifs is 2. The molecule has 0 unspecified atom stereocenters. The van der Waals surface area contributed by atoms with Gasteiger partial charge in [0.2, 0.25) is 5.91 Å². The third-order valence-corrected chi connectivity index (χ3v) is 7.78. The van der Waals surface area contributed by atoms with E-state index in [1.165, 1.54) is 5.57 Å². The van der Waals surface area contributed by atoms with Crippen molar-refractivity contribution < 1.29 is 4.79 Å². The van der Waals surface area contributed by atoms with E-state index in [0.29, 0.717) is 13.1 Å². The van der Waals surface area contributed by atoms with Crippen LogP contribution < -0.4 is 5.32 Å². The van der Waals surface area contributed by atoms with Gasteiger partial charge in [-0.25, -0.2) is 9.97 Å². The molecule has 35 heavy (non-hydrogen) atoms. The topological polar surface area (TPSA) is 86.3 Å². The number of carbonyl (C=O) groups excluding carboxylic acids is 1. The Kier molecular flexibility index (Phi) is 5.40. The summed E-state index contributed by atoms with van der Waals surface area (Å²) in [7, 11) is 0. The second-order valence-electron chi connectivity index (χ2n) is 9.74. The van der Waals surface area contributed by atoms with Crippen LogP contribution in [-0.2, 0) is 4.79 Å². The molecule has 1 amide bonds. The van der Waals surface area contributed by atoms with Gasteiger partial charge in [-0.15, -0.1) is 11.3 Å². The van der Waals surface area contributed by atoms with Crippen LogP contribution in [0.2, 0.25) is 0 Å². The van der Waals surface area contributed by atoms with Crippen molar-refractivity contribution in [3.63, 3.8) is 0 Å². The van der Waals surface area contributed by atoms with Gasteiger partial charge in [0.25, 0.3) is 0 Å². The largest absolute Gasteiger partial charge is 0.355 e. The molecule has 4 heterocycles. The molecule has 1 aliphatic carbocycles. The predicted molar refractivity (Wildman–Crippen MR) is 143 cm³/mol. The number of benzene rings is 1. The molecule has 2 aliphatic rings. The fourth-order valence-corrected chi connectivity index (χ4v) is 5.45. The molecule has 0 saturated heterocycles. The third-order valence-electron chi connectivity index (χ3n) is 6.99. The first-order valence-electron chi connectivity index (χ1n) is 12.1. The van der Waals surface area contributed by atoms with Gasteiger partial charge in [-0.05, 0) is 69.0 Å². The number of amides is 1. The van der Waals surface area contributed by atoms with Crippen LogP contribution in [0.15, 0.2) is 53.1 Å². The zero-order chi connectivity index (χ0) is 24.0. The zero-order valence-electron chi connectivity index (χ0n) is 20.0. The van der Waals surface area contributed by atoms with Gasteiger partial charge in [-0.1, -0.05) is 6.08 Å². The number of pyridine rings is 1. The number of aliphatic imine (C=N–C) groups is 1. The minimum atomic E-state index is -0.254. The second-order valence-corrected chi connectivity index (χ2v) is 10.6. The van der Waals surface area contributed by atoms with Crippen molar-refractivity contribution in [2.24, 2.45) is 10.4 Å². The lowest BCUT2D eigenvalue weighted by atomic mass is 10.0. The Labute approximate surface area is 208 Å². The highest BCUT2D eigenvalue weighted by Gasteiger charge is 2.51. The van der Waals surface area contributed by atoms with E-state index >= 15 is 0 Å². The number of hydrogen-bond donors (Lipinski definition) is 2. The van der Waals surface area contributed by atoms with Crippen molar-refractivity contribution in [1.82, 2.24) is 19.9 Å². The van der Waals surface area contributed by atoms with Crippen LogP contribution in [0.3, 0.4) is 0 Å². The lowest BCUT2D eigenvalue weighted by Gasteiger charge is -2.29. The summed E-state index contributed by atoms with van der Waals surface area (Å²) in [5.41, 5.74) is 8.86. The quantitative estimate of drug-likeness (QED) is 0.339. The molecular formula is C27H28N6OS. The van der Waals surface area contributed by atoms with E-state index in [1.807, 2.05) is 42.6 Å². The summed E-state index contributed by atoms with van der Waals surface area (Å²) in [6.07, 6.45) is 6.74. The molecule has 6 rings (SSSR count). The Balaban J connectivity index is 1.20. The molecule has 1 aromatic carbocycles. The molecule has 1 saturated carbocycles. The molecule has 0 spiro atoms. The summed E-state index contributed by atoms with van der Waals surface area (Å²) in [5.74, 6) is 0.264. The van der Waals surface area contributed by atoms with Gasteiger partial charge in [-0.3, -0.25) is 9.79 Å². The van der Waals surface area contributed by atoms with Gasteiger partial charge in [0.1, 0.15) is 5.65 Å². The molecule has 0 atom stereocenters. The van der Waals surface area contributed by atoms with Crippen LogP contribution in [0.5, 0.6) is 0 Å². The Bertz CT molecular complexity index is 1490. The van der Waals surface area contributed by atoms with E-state index in [4.69, 9.17) is 0 Å². The number of aromatic nitrogens is 3. The Hall–Kier alpha value is -3.52. The van der Waals surface area contributed by atoms with Crippen LogP contribution in [0.4, 0.5) is 11.4 Å². The monoisotopic (exact) mass is 484 g/mol. The maximum Gasteiger partial charge on any atom is 0.230 e. The van der Waals surface area contributed by atoms with E-state index in [2.05, 4.69) is 49.5 Å². The maximum absolute atomic E-state index is 13.2. The number of thiazole rings is 1. The summed E-state index contributed by atoms with van der Waals surface area (Å²) < 4.78 is 1.16.